The van der Waals surface area contributed by atoms with Crippen molar-refractivity contribution >= 4 is 35.1 Å². The van der Waals surface area contributed by atoms with Crippen LogP contribution in [0.5, 0.6) is 34.5 Å². The topological polar surface area (TPSA) is 166 Å². The van der Waals surface area contributed by atoms with Crippen molar-refractivity contribution in [2.24, 2.45) is 0 Å². The van der Waals surface area contributed by atoms with E-state index < -0.39 is 54.7 Å². The first-order chi connectivity index (χ1) is 50.7. The van der Waals surface area contributed by atoms with E-state index in [2.05, 4.69) is 0 Å². The minimum Gasteiger partial charge on any atom is -0.489 e. The number of hydrogen-bond acceptors (Lipinski definition) is 15. The molecule has 5 atom stereocenters. The number of carbonyl (C=O) groups is 2. The monoisotopic (exact) mass is 1370 g/mol. The van der Waals surface area contributed by atoms with E-state index in [-0.39, 0.29) is 54.7 Å². The number of hydrogen-bond donors (Lipinski definition) is 0. The summed E-state index contributed by atoms with van der Waals surface area (Å²) in [4.78, 5) is 45.2. The molecule has 0 unspecified atom stereocenters. The zero-order valence-electron chi connectivity index (χ0n) is 56.3. The van der Waals surface area contributed by atoms with Gasteiger partial charge in [-0.15, -0.1) is 0 Å². The highest BCUT2D eigenvalue weighted by molar-refractivity contribution is 5.89. The molecule has 15 heteroatoms. The molecule has 1 aromatic heterocycles. The van der Waals surface area contributed by atoms with Gasteiger partial charge in [-0.1, -0.05) is 237 Å². The lowest BCUT2D eigenvalue weighted by molar-refractivity contribution is -0.301. The number of rotatable bonds is 31. The highest BCUT2D eigenvalue weighted by atomic mass is 16.7. The molecular formula is C88H74O15. The highest BCUT2D eigenvalue weighted by Gasteiger charge is 2.52. The van der Waals surface area contributed by atoms with Gasteiger partial charge in [-0.2, -0.15) is 0 Å². The van der Waals surface area contributed by atoms with Crippen LogP contribution in [0.2, 0.25) is 0 Å². The Hall–Kier alpha value is -12.3. The lowest BCUT2D eigenvalue weighted by Crippen LogP contribution is -2.63. The van der Waals surface area contributed by atoms with E-state index in [0.717, 1.165) is 38.9 Å². The van der Waals surface area contributed by atoms with Gasteiger partial charge in [0, 0.05) is 29.8 Å². The largest absolute Gasteiger partial charge is 0.489 e. The normalized spacial score (nSPS) is 15.7. The molecule has 0 aliphatic carbocycles. The van der Waals surface area contributed by atoms with Crippen molar-refractivity contribution in [3.8, 4) is 45.8 Å². The van der Waals surface area contributed by atoms with Gasteiger partial charge in [-0.25, -0.2) is 9.59 Å². The number of carbonyl (C=O) groups excluding carboxylic acids is 2. The summed E-state index contributed by atoms with van der Waals surface area (Å²) in [6, 6.07) is 92.4. The number of fused-ring (bicyclic) bond motifs is 1. The third-order valence-electron chi connectivity index (χ3n) is 16.9. The molecule has 516 valence electrons. The molecule has 0 N–H and O–H groups in total. The van der Waals surface area contributed by atoms with Gasteiger partial charge in [0.15, 0.2) is 18.0 Å². The zero-order valence-corrected chi connectivity index (χ0v) is 56.3. The summed E-state index contributed by atoms with van der Waals surface area (Å²) in [5.74, 6) is 0.441. The molecule has 103 heavy (non-hydrogen) atoms. The highest BCUT2D eigenvalue weighted by Crippen LogP contribution is 2.40. The summed E-state index contributed by atoms with van der Waals surface area (Å²) >= 11 is 0. The third kappa shape index (κ3) is 19.6. The van der Waals surface area contributed by atoms with Crippen LogP contribution in [0.1, 0.15) is 50.1 Å². The average Bonchev–Trinajstić information content (AvgIpc) is 0.751. The molecule has 1 aliphatic rings. The maximum absolute atomic E-state index is 16.2. The fraction of sp³-hybridized carbons (Fsp3) is 0.148. The van der Waals surface area contributed by atoms with Gasteiger partial charge in [0.25, 0.3) is 0 Å². The van der Waals surface area contributed by atoms with Gasteiger partial charge in [-0.05, 0) is 111 Å². The van der Waals surface area contributed by atoms with Crippen LogP contribution in [0.4, 0.5) is 0 Å². The van der Waals surface area contributed by atoms with Gasteiger partial charge in [0.05, 0.1) is 13.2 Å². The second-order valence-electron chi connectivity index (χ2n) is 24.3. The molecular weight excluding hydrogens is 1300 g/mol. The van der Waals surface area contributed by atoms with Crippen LogP contribution in [-0.4, -0.2) is 49.3 Å². The van der Waals surface area contributed by atoms with Gasteiger partial charge >= 0.3 is 11.9 Å². The molecule has 1 fully saturated rings. The lowest BCUT2D eigenvalue weighted by Gasteiger charge is -2.45. The molecule has 0 amide bonds. The van der Waals surface area contributed by atoms with Crippen LogP contribution < -0.4 is 33.8 Å². The fourth-order valence-electron chi connectivity index (χ4n) is 11.5. The molecule has 15 nitrogen and oxygen atoms in total. The number of ether oxygens (including phenoxy) is 11. The Morgan fingerprint density at radius 1 is 0.379 bits per heavy atom. The average molecular weight is 1370 g/mol. The summed E-state index contributed by atoms with van der Waals surface area (Å²) in [6.07, 6.45) is -1.21. The van der Waals surface area contributed by atoms with Crippen molar-refractivity contribution in [1.29, 1.82) is 0 Å². The minimum atomic E-state index is -1.66. The molecule has 0 saturated carbocycles. The standard InChI is InChI=1S/C88H74O15/c89-79(50-40-62-36-44-72(45-37-62)92-54-64-22-8-1-9-23-64)97-61-78-84(98-59-69-32-18-6-19-33-69)86(102-80(90)51-41-63-38-46-73(47-39-63)93-55-65-24-10-2-11-25-65)87(99-60-70-34-20-7-21-35-70)88(101-78)103-85-82(91)81-76(96-58-68-30-16-5-17-31-68)52-75(95-57-67-28-14-4-15-29-67)53-77(81)100-83(85)71-42-48-74(49-43-71)94-56-66-26-12-3-13-27-66/h1-53,78,84,86-88H,54-61H2/b50-40+,51-41+/t78-,84-,86+,87-,88+/m1/s1. The summed E-state index contributed by atoms with van der Waals surface area (Å²) in [7, 11) is 0. The van der Waals surface area contributed by atoms with Crippen molar-refractivity contribution < 1.29 is 66.1 Å². The maximum atomic E-state index is 16.2. The minimum absolute atomic E-state index is 0.0155. The molecule has 2 heterocycles. The van der Waals surface area contributed by atoms with E-state index in [1.165, 1.54) is 12.2 Å². The van der Waals surface area contributed by atoms with E-state index in [1.54, 1.807) is 48.6 Å². The predicted molar refractivity (Wildman–Crippen MR) is 393 cm³/mol. The van der Waals surface area contributed by atoms with Crippen molar-refractivity contribution in [2.75, 3.05) is 6.61 Å². The molecule has 1 aliphatic heterocycles. The summed E-state index contributed by atoms with van der Waals surface area (Å²) in [5, 5.41) is 0.0155. The Morgan fingerprint density at radius 2 is 0.757 bits per heavy atom. The first kappa shape index (κ1) is 69.2. The molecule has 13 rings (SSSR count). The van der Waals surface area contributed by atoms with Gasteiger partial charge in [-0.3, -0.25) is 4.79 Å². The first-order valence-electron chi connectivity index (χ1n) is 33.9. The van der Waals surface area contributed by atoms with Crippen molar-refractivity contribution in [3.05, 3.63) is 370 Å². The number of esters is 2. The van der Waals surface area contributed by atoms with Crippen LogP contribution in [0.15, 0.2) is 319 Å². The second kappa shape index (κ2) is 35.2. The van der Waals surface area contributed by atoms with Crippen molar-refractivity contribution in [1.82, 2.24) is 0 Å². The van der Waals surface area contributed by atoms with Crippen LogP contribution in [0.3, 0.4) is 0 Å². The van der Waals surface area contributed by atoms with E-state index in [1.807, 2.05) is 261 Å². The maximum Gasteiger partial charge on any atom is 0.331 e. The summed E-state index contributed by atoms with van der Waals surface area (Å²) < 4.78 is 79.3. The summed E-state index contributed by atoms with van der Waals surface area (Å²) in [5.41, 5.74) is 7.48. The Bertz CT molecular complexity index is 4770. The van der Waals surface area contributed by atoms with Gasteiger partial charge in [0.2, 0.25) is 17.5 Å². The molecule has 0 radical (unpaired) electrons. The molecule has 0 spiro atoms. The smallest absolute Gasteiger partial charge is 0.331 e. The Kier molecular flexibility index (Phi) is 23.6. The summed E-state index contributed by atoms with van der Waals surface area (Å²) in [6.45, 7) is 0.747. The Morgan fingerprint density at radius 3 is 1.19 bits per heavy atom. The number of benzene rings is 11. The Balaban J connectivity index is 0.892. The molecule has 0 bridgehead atoms. The Labute approximate surface area is 597 Å². The SMILES string of the molecule is O=C(/C=C/c1ccc(OCc2ccccc2)cc1)OC[C@H]1O[C@@H](Oc2c(-c3ccc(OCc4ccccc4)cc3)oc3cc(OCc4ccccc4)cc(OCc4ccccc4)c3c2=O)[C@H](OCc2ccccc2)[C@@H](OC(=O)/C=C/c2ccc(OCc3ccccc3)cc2)[C@@H]1OCc1ccccc1. The van der Waals surface area contributed by atoms with E-state index in [0.29, 0.717) is 59.5 Å². The molecule has 11 aromatic carbocycles. The van der Waals surface area contributed by atoms with E-state index in [9.17, 15) is 9.59 Å². The molecule has 12 aromatic rings. The first-order valence-corrected chi connectivity index (χ1v) is 33.9. The zero-order chi connectivity index (χ0) is 70.2. The second-order valence-corrected chi connectivity index (χ2v) is 24.3. The van der Waals surface area contributed by atoms with Crippen molar-refractivity contribution in [3.63, 3.8) is 0 Å². The lowest BCUT2D eigenvalue weighted by atomic mass is 9.97. The van der Waals surface area contributed by atoms with Crippen LogP contribution in [0.25, 0.3) is 34.4 Å². The van der Waals surface area contributed by atoms with Gasteiger partial charge in [0.1, 0.15) is 91.6 Å². The van der Waals surface area contributed by atoms with E-state index >= 15 is 4.79 Å². The van der Waals surface area contributed by atoms with E-state index in [4.69, 9.17) is 56.5 Å². The van der Waals surface area contributed by atoms with Crippen LogP contribution in [-0.2, 0) is 79.5 Å². The fourth-order valence-corrected chi connectivity index (χ4v) is 11.5. The van der Waals surface area contributed by atoms with Crippen LogP contribution >= 0.6 is 0 Å². The third-order valence-corrected chi connectivity index (χ3v) is 16.9. The van der Waals surface area contributed by atoms with Crippen molar-refractivity contribution in [2.45, 2.75) is 77.0 Å². The molecule has 1 saturated heterocycles. The van der Waals surface area contributed by atoms with Crippen LogP contribution in [0, 0.1) is 0 Å². The quantitative estimate of drug-likeness (QED) is 0.0297. The predicted octanol–water partition coefficient (Wildman–Crippen LogP) is 17.5. The van der Waals surface area contributed by atoms with Gasteiger partial charge < -0.3 is 56.5 Å².